The maximum atomic E-state index is 13.0. The molecule has 2 heterocycles. The molecule has 2 aromatic carbocycles. The molecule has 1 aromatic heterocycles. The molecule has 0 spiro atoms. The second-order valence-electron chi connectivity index (χ2n) is 6.75. The van der Waals surface area contributed by atoms with Crippen molar-refractivity contribution in [2.45, 2.75) is 12.8 Å². The van der Waals surface area contributed by atoms with E-state index >= 15 is 0 Å². The Balaban J connectivity index is 1.44. The molecule has 1 saturated heterocycles. The van der Waals surface area contributed by atoms with E-state index in [4.69, 9.17) is 4.74 Å². The Labute approximate surface area is 156 Å². The zero-order valence-electron chi connectivity index (χ0n) is 14.8. The van der Waals surface area contributed by atoms with Crippen molar-refractivity contribution in [3.8, 4) is 5.75 Å². The van der Waals surface area contributed by atoms with Gasteiger partial charge in [0.05, 0.1) is 17.7 Å². The van der Waals surface area contributed by atoms with Crippen molar-refractivity contribution in [3.63, 3.8) is 0 Å². The second-order valence-corrected chi connectivity index (χ2v) is 6.75. The van der Waals surface area contributed by atoms with E-state index in [1.54, 1.807) is 30.6 Å². The number of halogens is 1. The summed E-state index contributed by atoms with van der Waals surface area (Å²) in [5, 5.41) is 0. The van der Waals surface area contributed by atoms with Crippen LogP contribution < -0.4 is 4.74 Å². The maximum absolute atomic E-state index is 13.0. The van der Waals surface area contributed by atoms with Crippen molar-refractivity contribution in [1.29, 1.82) is 0 Å². The van der Waals surface area contributed by atoms with Gasteiger partial charge < -0.3 is 9.64 Å². The first-order valence-corrected chi connectivity index (χ1v) is 9.08. The van der Waals surface area contributed by atoms with Crippen LogP contribution in [0.5, 0.6) is 5.75 Å². The highest BCUT2D eigenvalue weighted by atomic mass is 19.1. The van der Waals surface area contributed by atoms with Crippen LogP contribution in [0.4, 0.5) is 4.39 Å². The lowest BCUT2D eigenvalue weighted by atomic mass is 9.98. The van der Waals surface area contributed by atoms with Crippen molar-refractivity contribution < 1.29 is 13.9 Å². The van der Waals surface area contributed by atoms with Gasteiger partial charge in [-0.05, 0) is 49.2 Å². The van der Waals surface area contributed by atoms with Gasteiger partial charge in [-0.1, -0.05) is 6.07 Å². The molecule has 1 atom stereocenters. The normalized spacial score (nSPS) is 17.1. The molecular formula is C21H20FN3O2. The molecule has 138 valence electrons. The first kappa shape index (κ1) is 17.4. The van der Waals surface area contributed by atoms with Gasteiger partial charge in [0.1, 0.15) is 17.1 Å². The minimum Gasteiger partial charge on any atom is -0.493 e. The Morgan fingerprint density at radius 2 is 1.96 bits per heavy atom. The average Bonchev–Trinajstić information content (AvgIpc) is 2.72. The van der Waals surface area contributed by atoms with E-state index in [2.05, 4.69) is 9.97 Å². The van der Waals surface area contributed by atoms with Crippen LogP contribution in [0.25, 0.3) is 11.0 Å². The highest BCUT2D eigenvalue weighted by molar-refractivity contribution is 6.04. The number of nitrogens with zero attached hydrogens (tertiary/aromatic N) is 3. The van der Waals surface area contributed by atoms with Gasteiger partial charge in [-0.25, -0.2) is 4.39 Å². The van der Waals surface area contributed by atoms with Crippen LogP contribution in [-0.4, -0.2) is 40.5 Å². The fraction of sp³-hybridized carbons (Fsp3) is 0.286. The molecule has 1 fully saturated rings. The van der Waals surface area contributed by atoms with E-state index in [0.717, 1.165) is 24.9 Å². The number of rotatable bonds is 4. The van der Waals surface area contributed by atoms with Gasteiger partial charge in [-0.3, -0.25) is 14.8 Å². The largest absolute Gasteiger partial charge is 0.493 e. The van der Waals surface area contributed by atoms with E-state index < -0.39 is 0 Å². The number of likely N-dealkylation sites (tertiary alicyclic amines) is 1. The van der Waals surface area contributed by atoms with Crippen LogP contribution in [0.15, 0.2) is 54.9 Å². The van der Waals surface area contributed by atoms with Gasteiger partial charge in [0.25, 0.3) is 5.91 Å². The molecule has 6 heteroatoms. The fourth-order valence-electron chi connectivity index (χ4n) is 3.47. The fourth-order valence-corrected chi connectivity index (χ4v) is 3.47. The Morgan fingerprint density at radius 3 is 2.81 bits per heavy atom. The lowest BCUT2D eigenvalue weighted by Crippen LogP contribution is -2.41. The minimum absolute atomic E-state index is 0.0208. The van der Waals surface area contributed by atoms with Gasteiger partial charge in [-0.2, -0.15) is 0 Å². The van der Waals surface area contributed by atoms with Crippen molar-refractivity contribution in [2.24, 2.45) is 5.92 Å². The number of ether oxygens (including phenoxy) is 1. The summed E-state index contributed by atoms with van der Waals surface area (Å²) in [6.45, 7) is 1.87. The van der Waals surface area contributed by atoms with Crippen LogP contribution in [0.3, 0.4) is 0 Å². The molecule has 1 aliphatic rings. The predicted molar refractivity (Wildman–Crippen MR) is 100 cm³/mol. The van der Waals surface area contributed by atoms with Crippen LogP contribution in [0, 0.1) is 11.7 Å². The Hall–Kier alpha value is -3.02. The smallest absolute Gasteiger partial charge is 0.256 e. The summed E-state index contributed by atoms with van der Waals surface area (Å²) in [6.07, 6.45) is 5.16. The first-order chi connectivity index (χ1) is 13.2. The highest BCUT2D eigenvalue weighted by Crippen LogP contribution is 2.22. The lowest BCUT2D eigenvalue weighted by molar-refractivity contribution is 0.0635. The summed E-state index contributed by atoms with van der Waals surface area (Å²) >= 11 is 0. The number of fused-ring (bicyclic) bond motifs is 1. The SMILES string of the molecule is O=C(c1cccc2nccnc12)N1CCCC(COc2ccc(F)cc2)C1. The monoisotopic (exact) mass is 365 g/mol. The van der Waals surface area contributed by atoms with Gasteiger partial charge in [0.15, 0.2) is 0 Å². The number of amides is 1. The Morgan fingerprint density at radius 1 is 1.15 bits per heavy atom. The highest BCUT2D eigenvalue weighted by Gasteiger charge is 2.26. The first-order valence-electron chi connectivity index (χ1n) is 9.08. The number of benzene rings is 2. The standard InChI is InChI=1S/C21H20FN3O2/c22-16-6-8-17(9-7-16)27-14-15-3-2-12-25(13-15)21(26)18-4-1-5-19-20(18)24-11-10-23-19/h1,4-11,15H,2-3,12-14H2. The minimum atomic E-state index is -0.282. The molecule has 5 nitrogen and oxygen atoms in total. The zero-order valence-corrected chi connectivity index (χ0v) is 14.8. The number of para-hydroxylation sites is 1. The number of hydrogen-bond acceptors (Lipinski definition) is 4. The third-order valence-electron chi connectivity index (χ3n) is 4.83. The topological polar surface area (TPSA) is 55.3 Å². The molecule has 1 unspecified atom stereocenters. The number of carbonyl (C=O) groups excluding carboxylic acids is 1. The van der Waals surface area contributed by atoms with Gasteiger partial charge in [0, 0.05) is 31.4 Å². The maximum Gasteiger partial charge on any atom is 0.256 e. The van der Waals surface area contributed by atoms with Crippen molar-refractivity contribution in [1.82, 2.24) is 14.9 Å². The molecule has 1 amide bonds. The summed E-state index contributed by atoms with van der Waals surface area (Å²) in [4.78, 5) is 23.5. The van der Waals surface area contributed by atoms with Crippen LogP contribution in [0.2, 0.25) is 0 Å². The van der Waals surface area contributed by atoms with E-state index in [1.807, 2.05) is 17.0 Å². The van der Waals surface area contributed by atoms with Crippen molar-refractivity contribution in [2.75, 3.05) is 19.7 Å². The van der Waals surface area contributed by atoms with E-state index in [-0.39, 0.29) is 17.6 Å². The quantitative estimate of drug-likeness (QED) is 0.707. The van der Waals surface area contributed by atoms with Crippen molar-refractivity contribution in [3.05, 3.63) is 66.2 Å². The van der Waals surface area contributed by atoms with Crippen LogP contribution in [0.1, 0.15) is 23.2 Å². The molecule has 0 saturated carbocycles. The number of aromatic nitrogens is 2. The average molecular weight is 365 g/mol. The van der Waals surface area contributed by atoms with Gasteiger partial charge in [-0.15, -0.1) is 0 Å². The van der Waals surface area contributed by atoms with E-state index in [9.17, 15) is 9.18 Å². The molecule has 0 N–H and O–H groups in total. The van der Waals surface area contributed by atoms with Gasteiger partial charge in [0.2, 0.25) is 0 Å². The number of carbonyl (C=O) groups is 1. The molecule has 3 aromatic rings. The van der Waals surface area contributed by atoms with Gasteiger partial charge >= 0.3 is 0 Å². The Kier molecular flexibility index (Phi) is 4.96. The third kappa shape index (κ3) is 3.89. The summed E-state index contributed by atoms with van der Waals surface area (Å²) in [5.74, 6) is 0.584. The van der Waals surface area contributed by atoms with Crippen LogP contribution >= 0.6 is 0 Å². The molecule has 0 aliphatic carbocycles. The van der Waals surface area contributed by atoms with Crippen molar-refractivity contribution >= 4 is 16.9 Å². The molecular weight excluding hydrogens is 345 g/mol. The summed E-state index contributed by atoms with van der Waals surface area (Å²) < 4.78 is 18.8. The van der Waals surface area contributed by atoms with E-state index in [1.165, 1.54) is 12.1 Å². The molecule has 27 heavy (non-hydrogen) atoms. The summed E-state index contributed by atoms with van der Waals surface area (Å²) in [6, 6.07) is 11.5. The van der Waals surface area contributed by atoms with E-state index in [0.29, 0.717) is 30.0 Å². The molecule has 4 rings (SSSR count). The Bertz CT molecular complexity index is 940. The molecule has 0 radical (unpaired) electrons. The lowest BCUT2D eigenvalue weighted by Gasteiger charge is -2.32. The predicted octanol–water partition coefficient (Wildman–Crippen LogP) is 3.70. The summed E-state index contributed by atoms with van der Waals surface area (Å²) in [5.41, 5.74) is 1.94. The molecule has 0 bridgehead atoms. The number of piperidine rings is 1. The summed E-state index contributed by atoms with van der Waals surface area (Å²) in [7, 11) is 0. The van der Waals surface area contributed by atoms with Crippen LogP contribution in [-0.2, 0) is 0 Å². The number of hydrogen-bond donors (Lipinski definition) is 0. The third-order valence-corrected chi connectivity index (χ3v) is 4.83. The molecule has 1 aliphatic heterocycles. The zero-order chi connectivity index (χ0) is 18.6. The second kappa shape index (κ2) is 7.70.